The molecule has 10 nitrogen and oxygen atoms in total. The van der Waals surface area contributed by atoms with Gasteiger partial charge < -0.3 is 24.8 Å². The summed E-state index contributed by atoms with van der Waals surface area (Å²) in [6.45, 7) is 4.40. The van der Waals surface area contributed by atoms with Crippen LogP contribution >= 0.6 is 0 Å². The van der Waals surface area contributed by atoms with Crippen LogP contribution in [-0.2, 0) is 33.9 Å². The van der Waals surface area contributed by atoms with Gasteiger partial charge in [-0.3, -0.25) is 14.1 Å². The van der Waals surface area contributed by atoms with Gasteiger partial charge in [-0.15, -0.1) is 0 Å². The fourth-order valence-corrected chi connectivity index (χ4v) is 2.59. The molecule has 11 heteroatoms. The van der Waals surface area contributed by atoms with Crippen molar-refractivity contribution in [2.24, 2.45) is 5.92 Å². The maximum atomic E-state index is 12.0. The maximum absolute atomic E-state index is 12.0. The number of hydrogen-bond donors (Lipinski definition) is 3. The van der Waals surface area contributed by atoms with E-state index in [-0.39, 0.29) is 18.1 Å². The zero-order chi connectivity index (χ0) is 20.5. The monoisotopic (exact) mass is 412 g/mol. The molecule has 1 unspecified atom stereocenters. The molecule has 1 amide bonds. The average molecular weight is 413 g/mol. The van der Waals surface area contributed by atoms with Crippen molar-refractivity contribution in [3.63, 3.8) is 0 Å². The summed E-state index contributed by atoms with van der Waals surface area (Å²) >= 11 is 0. The molecular weight excluding hydrogens is 380 g/mol. The summed E-state index contributed by atoms with van der Waals surface area (Å²) in [5, 5.41) is 5.49. The van der Waals surface area contributed by atoms with Gasteiger partial charge in [0.05, 0.1) is 51.3 Å². The van der Waals surface area contributed by atoms with Crippen LogP contribution < -0.4 is 10.6 Å². The SMILES string of the molecule is CNCC(CCS(=O)(=O)O)C(=O)NCCOCCOCCOCCC(C)=O. The molecule has 0 aliphatic carbocycles. The number of carbonyl (C=O) groups excluding carboxylic acids is 2. The number of Topliss-reactive ketones (excluding diaryl/α,β-unsaturated/α-hetero) is 1. The van der Waals surface area contributed by atoms with Crippen LogP contribution in [0.4, 0.5) is 0 Å². The van der Waals surface area contributed by atoms with Gasteiger partial charge >= 0.3 is 0 Å². The van der Waals surface area contributed by atoms with E-state index in [4.69, 9.17) is 18.8 Å². The fraction of sp³-hybridized carbons (Fsp3) is 0.875. The lowest BCUT2D eigenvalue weighted by Crippen LogP contribution is -2.38. The van der Waals surface area contributed by atoms with Gasteiger partial charge in [0.25, 0.3) is 10.1 Å². The normalized spacial score (nSPS) is 12.7. The second kappa shape index (κ2) is 15.9. The number of carbonyl (C=O) groups is 2. The lowest BCUT2D eigenvalue weighted by atomic mass is 10.1. The van der Waals surface area contributed by atoms with Crippen LogP contribution in [0.1, 0.15) is 19.8 Å². The molecule has 0 aromatic rings. The second-order valence-corrected chi connectivity index (χ2v) is 7.48. The van der Waals surface area contributed by atoms with Gasteiger partial charge in [0.1, 0.15) is 5.78 Å². The highest BCUT2D eigenvalue weighted by Gasteiger charge is 2.19. The molecule has 27 heavy (non-hydrogen) atoms. The molecule has 0 aromatic carbocycles. The van der Waals surface area contributed by atoms with Gasteiger partial charge in [0.2, 0.25) is 5.91 Å². The molecule has 160 valence electrons. The van der Waals surface area contributed by atoms with E-state index < -0.39 is 21.8 Å². The van der Waals surface area contributed by atoms with E-state index in [2.05, 4.69) is 10.6 Å². The fourth-order valence-electron chi connectivity index (χ4n) is 2.01. The Balaban J connectivity index is 3.63. The summed E-state index contributed by atoms with van der Waals surface area (Å²) in [5.41, 5.74) is 0. The van der Waals surface area contributed by atoms with Gasteiger partial charge in [0, 0.05) is 19.5 Å². The number of nitrogens with one attached hydrogen (secondary N) is 2. The molecule has 0 heterocycles. The van der Waals surface area contributed by atoms with Gasteiger partial charge in [-0.2, -0.15) is 8.42 Å². The molecule has 0 spiro atoms. The smallest absolute Gasteiger partial charge is 0.264 e. The highest BCUT2D eigenvalue weighted by Crippen LogP contribution is 2.04. The predicted molar refractivity (Wildman–Crippen MR) is 99.2 cm³/mol. The molecule has 0 fully saturated rings. The van der Waals surface area contributed by atoms with E-state index in [1.54, 1.807) is 7.05 Å². The first-order chi connectivity index (χ1) is 12.8. The van der Waals surface area contributed by atoms with Crippen molar-refractivity contribution >= 4 is 21.8 Å². The Kier molecular flexibility index (Phi) is 15.2. The molecule has 0 aromatic heterocycles. The van der Waals surface area contributed by atoms with E-state index >= 15 is 0 Å². The van der Waals surface area contributed by atoms with E-state index in [1.807, 2.05) is 0 Å². The van der Waals surface area contributed by atoms with Crippen LogP contribution in [0.2, 0.25) is 0 Å². The molecule has 3 N–H and O–H groups in total. The van der Waals surface area contributed by atoms with E-state index in [0.717, 1.165) is 0 Å². The lowest BCUT2D eigenvalue weighted by Gasteiger charge is -2.15. The van der Waals surface area contributed by atoms with Crippen LogP contribution in [0, 0.1) is 5.92 Å². The number of ether oxygens (including phenoxy) is 3. The minimum atomic E-state index is -4.09. The van der Waals surface area contributed by atoms with Crippen molar-refractivity contribution in [2.45, 2.75) is 19.8 Å². The first-order valence-electron chi connectivity index (χ1n) is 8.86. The number of amides is 1. The summed E-state index contributed by atoms with van der Waals surface area (Å²) < 4.78 is 46.2. The molecule has 1 atom stereocenters. The topological polar surface area (TPSA) is 140 Å². The zero-order valence-electron chi connectivity index (χ0n) is 16.1. The Labute approximate surface area is 161 Å². The highest BCUT2D eigenvalue weighted by molar-refractivity contribution is 7.85. The van der Waals surface area contributed by atoms with Crippen LogP contribution in [0.15, 0.2) is 0 Å². The van der Waals surface area contributed by atoms with Crippen LogP contribution in [0.25, 0.3) is 0 Å². The van der Waals surface area contributed by atoms with Crippen molar-refractivity contribution in [2.75, 3.05) is 65.5 Å². The second-order valence-electron chi connectivity index (χ2n) is 5.91. The van der Waals surface area contributed by atoms with Crippen molar-refractivity contribution in [1.82, 2.24) is 10.6 Å². The Morgan fingerprint density at radius 3 is 2.07 bits per heavy atom. The third-order valence-electron chi connectivity index (χ3n) is 3.43. The zero-order valence-corrected chi connectivity index (χ0v) is 16.9. The summed E-state index contributed by atoms with van der Waals surface area (Å²) in [5.74, 6) is -1.22. The minimum Gasteiger partial charge on any atom is -0.379 e. The summed E-state index contributed by atoms with van der Waals surface area (Å²) in [4.78, 5) is 22.7. The summed E-state index contributed by atoms with van der Waals surface area (Å²) in [6.07, 6.45) is 0.439. The van der Waals surface area contributed by atoms with Crippen molar-refractivity contribution in [3.05, 3.63) is 0 Å². The third kappa shape index (κ3) is 18.0. The predicted octanol–water partition coefficient (Wildman–Crippen LogP) is -0.755. The minimum absolute atomic E-state index is 0.0364. The molecule has 0 rings (SSSR count). The standard InChI is InChI=1S/C16H32N2O8S/c1-14(19)3-6-24-8-10-26-11-9-25-7-5-18-16(20)15(13-17-2)4-12-27(21,22)23/h15,17H,3-13H2,1-2H3,(H,18,20)(H,21,22,23). The van der Waals surface area contributed by atoms with Crippen LogP contribution in [-0.4, -0.2) is 90.2 Å². The van der Waals surface area contributed by atoms with E-state index in [9.17, 15) is 18.0 Å². The number of ketones is 1. The molecular formula is C16H32N2O8S. The Morgan fingerprint density at radius 2 is 1.56 bits per heavy atom. The molecule has 0 aliphatic heterocycles. The van der Waals surface area contributed by atoms with Crippen molar-refractivity contribution in [3.8, 4) is 0 Å². The largest absolute Gasteiger partial charge is 0.379 e. The van der Waals surface area contributed by atoms with Crippen molar-refractivity contribution in [1.29, 1.82) is 0 Å². The maximum Gasteiger partial charge on any atom is 0.264 e. The Morgan fingerprint density at radius 1 is 1.00 bits per heavy atom. The first kappa shape index (κ1) is 25.9. The summed E-state index contributed by atoms with van der Waals surface area (Å²) in [7, 11) is -2.43. The molecule has 0 bridgehead atoms. The quantitative estimate of drug-likeness (QED) is 0.196. The Hall–Kier alpha value is -1.11. The van der Waals surface area contributed by atoms with Gasteiger partial charge in [-0.1, -0.05) is 0 Å². The summed E-state index contributed by atoms with van der Waals surface area (Å²) in [6, 6.07) is 0. The van der Waals surface area contributed by atoms with Gasteiger partial charge in [-0.05, 0) is 20.4 Å². The Bertz CT molecular complexity index is 513. The van der Waals surface area contributed by atoms with Gasteiger partial charge in [0.15, 0.2) is 0 Å². The van der Waals surface area contributed by atoms with E-state index in [1.165, 1.54) is 6.92 Å². The molecule has 0 saturated carbocycles. The van der Waals surface area contributed by atoms with Crippen LogP contribution in [0.5, 0.6) is 0 Å². The average Bonchev–Trinajstić information content (AvgIpc) is 2.58. The van der Waals surface area contributed by atoms with Crippen LogP contribution in [0.3, 0.4) is 0 Å². The third-order valence-corrected chi connectivity index (χ3v) is 4.19. The molecule has 0 aliphatic rings. The van der Waals surface area contributed by atoms with E-state index in [0.29, 0.717) is 59.2 Å². The number of rotatable bonds is 18. The van der Waals surface area contributed by atoms with Crippen molar-refractivity contribution < 1.29 is 36.8 Å². The number of hydrogen-bond acceptors (Lipinski definition) is 8. The van der Waals surface area contributed by atoms with Gasteiger partial charge in [-0.25, -0.2) is 0 Å². The first-order valence-corrected chi connectivity index (χ1v) is 10.5. The molecule has 0 saturated heterocycles. The highest BCUT2D eigenvalue weighted by atomic mass is 32.2. The lowest BCUT2D eigenvalue weighted by molar-refractivity contribution is -0.125. The molecule has 0 radical (unpaired) electrons.